The van der Waals surface area contributed by atoms with Gasteiger partial charge in [-0.25, -0.2) is 9.59 Å². The molecule has 4 rings (SSSR count). The number of hydrogen-bond donors (Lipinski definition) is 3. The molecule has 0 spiro atoms. The number of aliphatic carboxylic acids is 1. The normalized spacial score (nSPS) is 12.9. The summed E-state index contributed by atoms with van der Waals surface area (Å²) in [6.07, 6.45) is -0.923. The smallest absolute Gasteiger partial charge is 0.332 e. The third-order valence-corrected chi connectivity index (χ3v) is 6.06. The molecule has 0 fully saturated rings. The predicted octanol–water partition coefficient (Wildman–Crippen LogP) is 1.29. The molecule has 0 aliphatic carbocycles. The van der Waals surface area contributed by atoms with Gasteiger partial charge in [-0.3, -0.25) is 13.9 Å². The van der Waals surface area contributed by atoms with E-state index in [0.29, 0.717) is 5.75 Å². The van der Waals surface area contributed by atoms with Crippen molar-refractivity contribution in [3.63, 3.8) is 0 Å². The number of ether oxygens (including phenoxy) is 1. The van der Waals surface area contributed by atoms with Crippen LogP contribution in [0.15, 0.2) is 64.2 Å². The van der Waals surface area contributed by atoms with Gasteiger partial charge in [-0.15, -0.1) is 0 Å². The molecule has 0 aliphatic rings. The fourth-order valence-corrected chi connectivity index (χ4v) is 4.10. The van der Waals surface area contributed by atoms with E-state index in [4.69, 9.17) is 4.74 Å². The van der Waals surface area contributed by atoms with Crippen LogP contribution in [0.25, 0.3) is 11.2 Å². The minimum Gasteiger partial charge on any atom is -0.491 e. The number of anilines is 1. The number of nitrogens with zero attached hydrogens (tertiary/aromatic N) is 4. The Kier molecular flexibility index (Phi) is 7.44. The van der Waals surface area contributed by atoms with Crippen LogP contribution >= 0.6 is 0 Å². The van der Waals surface area contributed by atoms with Crippen LogP contribution in [0.2, 0.25) is 0 Å². The first-order valence-electron chi connectivity index (χ1n) is 11.7. The third-order valence-electron chi connectivity index (χ3n) is 6.06. The Morgan fingerprint density at radius 2 is 1.81 bits per heavy atom. The van der Waals surface area contributed by atoms with Crippen molar-refractivity contribution in [2.24, 2.45) is 14.1 Å². The van der Waals surface area contributed by atoms with E-state index >= 15 is 0 Å². The number of aliphatic hydroxyl groups excluding tert-OH is 1. The number of nitrogens with one attached hydrogen (secondary N) is 1. The highest BCUT2D eigenvalue weighted by Crippen LogP contribution is 2.19. The summed E-state index contributed by atoms with van der Waals surface area (Å²) < 4.78 is 9.27. The summed E-state index contributed by atoms with van der Waals surface area (Å²) in [5.74, 6) is -0.487. The lowest BCUT2D eigenvalue weighted by molar-refractivity contribution is -0.137. The predicted molar refractivity (Wildman–Crippen MR) is 138 cm³/mol. The number of aryl methyl sites for hydroxylation is 2. The second kappa shape index (κ2) is 10.7. The lowest BCUT2D eigenvalue weighted by atomic mass is 10.1. The summed E-state index contributed by atoms with van der Waals surface area (Å²) in [6, 6.07) is 15.4. The van der Waals surface area contributed by atoms with Crippen molar-refractivity contribution in [3.8, 4) is 5.75 Å². The van der Waals surface area contributed by atoms with E-state index in [1.54, 1.807) is 6.07 Å². The van der Waals surface area contributed by atoms with E-state index in [0.717, 1.165) is 15.7 Å². The molecule has 4 aromatic rings. The number of carboxylic acid groups (broad SMARTS) is 1. The Morgan fingerprint density at radius 1 is 1.08 bits per heavy atom. The van der Waals surface area contributed by atoms with Crippen LogP contribution in [0.5, 0.6) is 5.75 Å². The maximum absolute atomic E-state index is 13.1. The van der Waals surface area contributed by atoms with Gasteiger partial charge in [0, 0.05) is 20.5 Å². The largest absolute Gasteiger partial charge is 0.491 e. The van der Waals surface area contributed by atoms with Gasteiger partial charge in [0.1, 0.15) is 24.5 Å². The van der Waals surface area contributed by atoms with Crippen LogP contribution in [0, 0.1) is 6.92 Å². The Morgan fingerprint density at radius 3 is 2.49 bits per heavy atom. The molecule has 2 heterocycles. The molecule has 2 aromatic carbocycles. The summed E-state index contributed by atoms with van der Waals surface area (Å²) >= 11 is 0. The summed E-state index contributed by atoms with van der Waals surface area (Å²) in [6.45, 7) is 1.71. The maximum Gasteiger partial charge on any atom is 0.332 e. The van der Waals surface area contributed by atoms with Crippen molar-refractivity contribution in [1.29, 1.82) is 0 Å². The quantitative estimate of drug-likeness (QED) is 0.292. The molecule has 3 N–H and O–H groups in total. The van der Waals surface area contributed by atoms with Gasteiger partial charge in [-0.1, -0.05) is 42.5 Å². The molecular weight excluding hydrogens is 478 g/mol. The highest BCUT2D eigenvalue weighted by Gasteiger charge is 2.25. The zero-order valence-electron chi connectivity index (χ0n) is 20.8. The Labute approximate surface area is 212 Å². The van der Waals surface area contributed by atoms with Crippen molar-refractivity contribution >= 4 is 23.1 Å². The number of fused-ring (bicyclic) bond motifs is 1. The number of carboxylic acids is 1. The van der Waals surface area contributed by atoms with Gasteiger partial charge in [0.05, 0.1) is 6.54 Å². The molecule has 2 unspecified atom stereocenters. The molecular formula is C26H29N5O6. The standard InChI is InChI=1S/C26H29N5O6/c1-16-8-7-11-19(12-16)37-15-18(32)14-31-21-22(29(2)26(36)30(3)23(21)33)28-25(31)27-20(24(34)35)13-17-9-5-4-6-10-17/h4-12,18,20,32H,13-15H2,1-3H3,(H,27,28)(H,34,35). The van der Waals surface area contributed by atoms with E-state index in [1.807, 2.05) is 55.5 Å². The molecule has 0 amide bonds. The van der Waals surface area contributed by atoms with E-state index in [9.17, 15) is 24.6 Å². The zero-order chi connectivity index (χ0) is 26.7. The maximum atomic E-state index is 13.1. The summed E-state index contributed by atoms with van der Waals surface area (Å²) in [5.41, 5.74) is 0.745. The number of hydrogen-bond acceptors (Lipinski definition) is 7. The van der Waals surface area contributed by atoms with Crippen LogP contribution in [0.4, 0.5) is 5.95 Å². The molecule has 37 heavy (non-hydrogen) atoms. The van der Waals surface area contributed by atoms with Crippen LogP contribution in [-0.2, 0) is 31.9 Å². The molecule has 0 saturated carbocycles. The van der Waals surface area contributed by atoms with E-state index in [2.05, 4.69) is 10.3 Å². The van der Waals surface area contributed by atoms with Crippen molar-refractivity contribution < 1.29 is 19.7 Å². The monoisotopic (exact) mass is 507 g/mol. The molecule has 11 nitrogen and oxygen atoms in total. The number of rotatable bonds is 10. The number of benzene rings is 2. The van der Waals surface area contributed by atoms with Gasteiger partial charge in [-0.05, 0) is 30.2 Å². The zero-order valence-corrected chi connectivity index (χ0v) is 20.8. The molecule has 0 bridgehead atoms. The first kappa shape index (κ1) is 25.7. The van der Waals surface area contributed by atoms with Gasteiger partial charge in [0.25, 0.3) is 5.56 Å². The Balaban J connectivity index is 1.70. The van der Waals surface area contributed by atoms with Crippen LogP contribution in [-0.4, -0.2) is 53.6 Å². The van der Waals surface area contributed by atoms with Crippen LogP contribution in [0.1, 0.15) is 11.1 Å². The molecule has 2 aromatic heterocycles. The second-order valence-electron chi connectivity index (χ2n) is 8.93. The van der Waals surface area contributed by atoms with Crippen molar-refractivity contribution in [2.45, 2.75) is 32.0 Å². The third kappa shape index (κ3) is 5.56. The average Bonchev–Trinajstić information content (AvgIpc) is 3.23. The van der Waals surface area contributed by atoms with Gasteiger partial charge < -0.3 is 24.8 Å². The number of aliphatic hydroxyl groups is 1. The van der Waals surface area contributed by atoms with Crippen molar-refractivity contribution in [1.82, 2.24) is 18.7 Å². The fraction of sp³-hybridized carbons (Fsp3) is 0.308. The van der Waals surface area contributed by atoms with Gasteiger partial charge in [0.15, 0.2) is 11.2 Å². The van der Waals surface area contributed by atoms with Gasteiger partial charge >= 0.3 is 11.7 Å². The van der Waals surface area contributed by atoms with Gasteiger partial charge in [-0.2, -0.15) is 4.98 Å². The lowest BCUT2D eigenvalue weighted by Gasteiger charge is -2.19. The fourth-order valence-electron chi connectivity index (χ4n) is 4.10. The summed E-state index contributed by atoms with van der Waals surface area (Å²) in [7, 11) is 2.82. The summed E-state index contributed by atoms with van der Waals surface area (Å²) in [5, 5.41) is 23.6. The minimum absolute atomic E-state index is 0.0474. The number of aromatic nitrogens is 4. The van der Waals surface area contributed by atoms with E-state index < -0.39 is 29.4 Å². The average molecular weight is 508 g/mol. The molecule has 11 heteroatoms. The number of imidazole rings is 1. The number of carbonyl (C=O) groups is 1. The summed E-state index contributed by atoms with van der Waals surface area (Å²) in [4.78, 5) is 42.1. The molecule has 0 saturated heterocycles. The molecule has 0 radical (unpaired) electrons. The van der Waals surface area contributed by atoms with Crippen LogP contribution in [0.3, 0.4) is 0 Å². The molecule has 0 aliphatic heterocycles. The Bertz CT molecular complexity index is 1540. The van der Waals surface area contributed by atoms with E-state index in [1.165, 1.54) is 23.2 Å². The Hall–Kier alpha value is -4.38. The van der Waals surface area contributed by atoms with E-state index in [-0.39, 0.29) is 36.7 Å². The molecule has 2 atom stereocenters. The first-order chi connectivity index (χ1) is 17.7. The SMILES string of the molecule is Cc1cccc(OCC(O)Cn2c(NC(Cc3ccccc3)C(=O)O)nc3c2c(=O)n(C)c(=O)n3C)c1. The highest BCUT2D eigenvalue weighted by atomic mass is 16.5. The van der Waals surface area contributed by atoms with Crippen LogP contribution < -0.4 is 21.3 Å². The van der Waals surface area contributed by atoms with Gasteiger partial charge in [0.2, 0.25) is 5.95 Å². The molecule has 194 valence electrons. The first-order valence-corrected chi connectivity index (χ1v) is 11.7. The highest BCUT2D eigenvalue weighted by molar-refractivity contribution is 5.79. The van der Waals surface area contributed by atoms with Crippen molar-refractivity contribution in [3.05, 3.63) is 86.6 Å². The topological polar surface area (TPSA) is 141 Å². The van der Waals surface area contributed by atoms with Crippen molar-refractivity contribution in [2.75, 3.05) is 11.9 Å². The minimum atomic E-state index is -1.12. The second-order valence-corrected chi connectivity index (χ2v) is 8.93. The lowest BCUT2D eigenvalue weighted by Crippen LogP contribution is -2.38.